The van der Waals surface area contributed by atoms with E-state index in [2.05, 4.69) is 10.6 Å². The molecule has 0 aromatic heterocycles. The van der Waals surface area contributed by atoms with E-state index in [1.165, 1.54) is 25.5 Å². The number of phenols is 1. The Morgan fingerprint density at radius 2 is 1.58 bits per heavy atom. The zero-order valence-corrected chi connectivity index (χ0v) is 21.8. The molecular weight excluding hydrogens is 484 g/mol. The topological polar surface area (TPSA) is 128 Å². The number of hydrogen-bond donors (Lipinski definition) is 5. The smallest absolute Gasteiger partial charge is 0.408 e. The van der Waals surface area contributed by atoms with Crippen LogP contribution >= 0.6 is 0 Å². The van der Waals surface area contributed by atoms with Crippen molar-refractivity contribution in [1.82, 2.24) is 10.6 Å². The first-order valence-electron chi connectivity index (χ1n) is 13.7. The van der Waals surface area contributed by atoms with Crippen molar-refractivity contribution in [3.63, 3.8) is 0 Å². The lowest BCUT2D eigenvalue weighted by atomic mass is 9.54. The van der Waals surface area contributed by atoms with Crippen LogP contribution in [-0.4, -0.2) is 51.6 Å². The first-order valence-corrected chi connectivity index (χ1v) is 13.7. The van der Waals surface area contributed by atoms with E-state index < -0.39 is 36.4 Å². The zero-order valence-electron chi connectivity index (χ0n) is 21.8. The predicted molar refractivity (Wildman–Crippen MR) is 141 cm³/mol. The fourth-order valence-corrected chi connectivity index (χ4v) is 7.13. The van der Waals surface area contributed by atoms with Gasteiger partial charge in [-0.05, 0) is 86.0 Å². The Bertz CT molecular complexity index is 1100. The molecule has 4 bridgehead atoms. The largest absolute Gasteiger partial charge is 0.508 e. The van der Waals surface area contributed by atoms with Crippen molar-refractivity contribution < 1.29 is 29.6 Å². The summed E-state index contributed by atoms with van der Waals surface area (Å²) in [6, 6.07) is 14.2. The Kier molecular flexibility index (Phi) is 7.63. The summed E-state index contributed by atoms with van der Waals surface area (Å²) in [6.07, 6.45) is 4.13. The van der Waals surface area contributed by atoms with Crippen LogP contribution in [0.4, 0.5) is 4.79 Å². The summed E-state index contributed by atoms with van der Waals surface area (Å²) in [6.45, 7) is 1.03. The number of aromatic hydroxyl groups is 1. The third-order valence-corrected chi connectivity index (χ3v) is 8.82. The van der Waals surface area contributed by atoms with Crippen molar-refractivity contribution in [3.8, 4) is 5.75 Å². The summed E-state index contributed by atoms with van der Waals surface area (Å²) in [5, 5.41) is 36.3. The lowest BCUT2D eigenvalue weighted by molar-refractivity contribution is -0.140. The van der Waals surface area contributed by atoms with Gasteiger partial charge in [0, 0.05) is 12.5 Å². The average molecular weight is 523 g/mol. The van der Waals surface area contributed by atoms with Crippen molar-refractivity contribution in [2.75, 3.05) is 6.61 Å². The van der Waals surface area contributed by atoms with Gasteiger partial charge in [-0.2, -0.15) is 0 Å². The minimum atomic E-state index is -1.63. The van der Waals surface area contributed by atoms with Gasteiger partial charge in [-0.3, -0.25) is 4.79 Å². The minimum Gasteiger partial charge on any atom is -0.508 e. The van der Waals surface area contributed by atoms with Crippen LogP contribution in [0, 0.1) is 23.7 Å². The Hall–Kier alpha value is -3.10. The van der Waals surface area contributed by atoms with Crippen molar-refractivity contribution in [2.45, 2.75) is 69.2 Å². The normalized spacial score (nSPS) is 28.7. The molecule has 38 heavy (non-hydrogen) atoms. The molecule has 4 saturated carbocycles. The molecule has 0 saturated heterocycles. The molecule has 2 aromatic carbocycles. The van der Waals surface area contributed by atoms with Gasteiger partial charge in [0.25, 0.3) is 5.91 Å². The molecule has 0 radical (unpaired) electrons. The lowest BCUT2D eigenvalue weighted by Crippen LogP contribution is -2.59. The summed E-state index contributed by atoms with van der Waals surface area (Å²) in [4.78, 5) is 26.9. The molecule has 8 heteroatoms. The number of ether oxygens (including phenoxy) is 1. The van der Waals surface area contributed by atoms with Gasteiger partial charge in [0.2, 0.25) is 0 Å². The third kappa shape index (κ3) is 5.66. The monoisotopic (exact) mass is 522 g/mol. The molecule has 6 rings (SSSR count). The van der Waals surface area contributed by atoms with Crippen molar-refractivity contribution in [3.05, 3.63) is 65.7 Å². The summed E-state index contributed by atoms with van der Waals surface area (Å²) in [7, 11) is 0. The summed E-state index contributed by atoms with van der Waals surface area (Å²) >= 11 is 0. The molecule has 4 aliphatic rings. The Morgan fingerprint density at radius 1 is 0.974 bits per heavy atom. The van der Waals surface area contributed by atoms with Crippen LogP contribution in [0.3, 0.4) is 0 Å². The van der Waals surface area contributed by atoms with Gasteiger partial charge in [-0.1, -0.05) is 42.5 Å². The second-order valence-corrected chi connectivity index (χ2v) is 11.7. The molecule has 3 atom stereocenters. The third-order valence-electron chi connectivity index (χ3n) is 8.82. The van der Waals surface area contributed by atoms with E-state index >= 15 is 0 Å². The van der Waals surface area contributed by atoms with Crippen LogP contribution in [-0.2, 0) is 16.0 Å². The number of nitrogens with one attached hydrogen (secondary N) is 2. The highest BCUT2D eigenvalue weighted by Gasteiger charge is 2.49. The van der Waals surface area contributed by atoms with Gasteiger partial charge < -0.3 is 30.7 Å². The number of hydrogen-bond acceptors (Lipinski definition) is 6. The molecule has 3 unspecified atom stereocenters. The van der Waals surface area contributed by atoms with Gasteiger partial charge in [0.05, 0.1) is 12.6 Å². The van der Waals surface area contributed by atoms with E-state index in [0.29, 0.717) is 23.0 Å². The second kappa shape index (κ2) is 10.9. The quantitative estimate of drug-likeness (QED) is 0.343. The van der Waals surface area contributed by atoms with Crippen LogP contribution in [0.1, 0.15) is 56.3 Å². The number of aliphatic hydroxyl groups excluding tert-OH is 2. The van der Waals surface area contributed by atoms with Gasteiger partial charge in [-0.25, -0.2) is 4.79 Å². The molecule has 0 spiro atoms. The van der Waals surface area contributed by atoms with E-state index in [1.807, 2.05) is 6.07 Å². The van der Waals surface area contributed by atoms with Gasteiger partial charge >= 0.3 is 6.09 Å². The lowest BCUT2D eigenvalue weighted by Gasteiger charge is -2.54. The number of phenolic OH excluding ortho intramolecular Hbond substituents is 1. The molecular formula is C30H38N2O6. The van der Waals surface area contributed by atoms with Crippen LogP contribution < -0.4 is 10.6 Å². The molecule has 5 N–H and O–H groups in total. The van der Waals surface area contributed by atoms with Crippen LogP contribution in [0.25, 0.3) is 0 Å². The highest BCUT2D eigenvalue weighted by molar-refractivity contribution is 5.88. The van der Waals surface area contributed by atoms with Gasteiger partial charge in [0.1, 0.15) is 11.9 Å². The predicted octanol–water partition coefficient (Wildman–Crippen LogP) is 3.46. The Labute approximate surface area is 223 Å². The SMILES string of the molecule is CC(Cc1ccc(O)cc1)(OC(=O)NC1C2CC3CC(C2)CC1C3)C(=O)NC(CO)C(O)c1ccccc1. The maximum atomic E-state index is 13.6. The number of rotatable bonds is 9. The van der Waals surface area contributed by atoms with Crippen LogP contribution in [0.15, 0.2) is 54.6 Å². The maximum absolute atomic E-state index is 13.6. The Morgan fingerprint density at radius 3 is 2.16 bits per heavy atom. The zero-order chi connectivity index (χ0) is 26.9. The number of alkyl carbamates (subject to hydrolysis) is 1. The molecule has 8 nitrogen and oxygen atoms in total. The van der Waals surface area contributed by atoms with Crippen LogP contribution in [0.2, 0.25) is 0 Å². The van der Waals surface area contributed by atoms with Gasteiger partial charge in [0.15, 0.2) is 5.60 Å². The first kappa shape index (κ1) is 26.5. The molecule has 2 aromatic rings. The first-order chi connectivity index (χ1) is 18.2. The summed E-state index contributed by atoms with van der Waals surface area (Å²) in [5.74, 6) is 1.91. The van der Waals surface area contributed by atoms with Gasteiger partial charge in [-0.15, -0.1) is 0 Å². The maximum Gasteiger partial charge on any atom is 0.408 e. The highest BCUT2D eigenvalue weighted by Crippen LogP contribution is 2.53. The fourth-order valence-electron chi connectivity index (χ4n) is 7.13. The van der Waals surface area contributed by atoms with Crippen LogP contribution in [0.5, 0.6) is 5.75 Å². The molecule has 204 valence electrons. The van der Waals surface area contributed by atoms with E-state index in [4.69, 9.17) is 4.74 Å². The fraction of sp³-hybridized carbons (Fsp3) is 0.533. The summed E-state index contributed by atoms with van der Waals surface area (Å²) in [5.41, 5.74) is -0.392. The number of benzene rings is 2. The molecule has 0 aliphatic heterocycles. The molecule has 4 aliphatic carbocycles. The number of amides is 2. The van der Waals surface area contributed by atoms with Crippen molar-refractivity contribution in [1.29, 1.82) is 0 Å². The average Bonchev–Trinajstić information content (AvgIpc) is 2.90. The molecule has 2 amide bonds. The minimum absolute atomic E-state index is 0.0494. The number of aliphatic hydroxyl groups is 2. The van der Waals surface area contributed by atoms with E-state index in [9.17, 15) is 24.9 Å². The Balaban J connectivity index is 1.31. The van der Waals surface area contributed by atoms with E-state index in [1.54, 1.807) is 36.4 Å². The molecule has 4 fully saturated rings. The van der Waals surface area contributed by atoms with Crippen molar-refractivity contribution >= 4 is 12.0 Å². The number of carbonyl (C=O) groups is 2. The number of carbonyl (C=O) groups excluding carboxylic acids is 2. The van der Waals surface area contributed by atoms with E-state index in [0.717, 1.165) is 37.5 Å². The van der Waals surface area contributed by atoms with Crippen molar-refractivity contribution in [2.24, 2.45) is 23.7 Å². The highest BCUT2D eigenvalue weighted by atomic mass is 16.6. The standard InChI is InChI=1S/C30H38N2O6/c1-30(16-18-7-9-24(34)10-8-18,28(36)31-25(17-33)27(35)21-5-3-2-4-6-21)38-29(37)32-26-22-12-19-11-20(14-22)15-23(26)13-19/h2-10,19-20,22-23,25-27,33-35H,11-17H2,1H3,(H,31,36)(H,32,37). The molecule has 0 heterocycles. The second-order valence-electron chi connectivity index (χ2n) is 11.7. The van der Waals surface area contributed by atoms with E-state index in [-0.39, 0.29) is 18.2 Å². The summed E-state index contributed by atoms with van der Waals surface area (Å²) < 4.78 is 5.88.